The lowest BCUT2D eigenvalue weighted by Crippen LogP contribution is -2.28. The monoisotopic (exact) mass is 537 g/mol. The third-order valence-corrected chi connectivity index (χ3v) is 5.55. The van der Waals surface area contributed by atoms with Crippen molar-refractivity contribution < 1.29 is 23.2 Å². The Morgan fingerprint density at radius 1 is 1.13 bits per heavy atom. The van der Waals surface area contributed by atoms with Gasteiger partial charge in [-0.3, -0.25) is 14.8 Å². The van der Waals surface area contributed by atoms with E-state index in [1.54, 1.807) is 49.7 Å². The van der Waals surface area contributed by atoms with Gasteiger partial charge in [-0.2, -0.15) is 5.10 Å². The predicted octanol–water partition coefficient (Wildman–Crippen LogP) is 7.10. The highest BCUT2D eigenvalue weighted by atomic mass is 19.1. The molecule has 208 valence electrons. The van der Waals surface area contributed by atoms with Crippen molar-refractivity contribution in [3.05, 3.63) is 58.5 Å². The average Bonchev–Trinajstić information content (AvgIpc) is 3.32. The van der Waals surface area contributed by atoms with Crippen LogP contribution in [0, 0.1) is 17.8 Å². The molecule has 10 heteroatoms. The van der Waals surface area contributed by atoms with Gasteiger partial charge in [0.25, 0.3) is 5.69 Å². The van der Waals surface area contributed by atoms with Crippen LogP contribution in [0.3, 0.4) is 0 Å². The van der Waals surface area contributed by atoms with E-state index in [1.165, 1.54) is 0 Å². The molecule has 2 heterocycles. The number of carbonyl (C=O) groups excluding carboxylic acids is 2. The lowest BCUT2D eigenvalue weighted by molar-refractivity contribution is -0.118. The van der Waals surface area contributed by atoms with E-state index in [2.05, 4.69) is 20.4 Å². The van der Waals surface area contributed by atoms with Crippen molar-refractivity contribution in [1.82, 2.24) is 14.9 Å². The van der Waals surface area contributed by atoms with Crippen LogP contribution in [0.25, 0.3) is 16.1 Å². The molecule has 0 aliphatic carbocycles. The lowest BCUT2D eigenvalue weighted by atomic mass is 9.90. The number of amides is 1. The summed E-state index contributed by atoms with van der Waals surface area (Å²) >= 11 is 0. The van der Waals surface area contributed by atoms with Crippen molar-refractivity contribution >= 4 is 23.4 Å². The standard InChI is InChI=1S/C29H36FN5O4/c1-17(2)35-26(32-27(37)38-29(6,7)8)25(31-9)24(33-35)19-12-10-18(11-13-19)14-20(36)15-22-23(30)21(34-39-22)16-28(3,4)5/h10-13,17H,14-16H2,1-8H3,(H,32,37). The highest BCUT2D eigenvalue weighted by Crippen LogP contribution is 2.38. The van der Waals surface area contributed by atoms with Crippen LogP contribution < -0.4 is 5.32 Å². The molecule has 3 aromatic rings. The summed E-state index contributed by atoms with van der Waals surface area (Å²) in [5, 5.41) is 11.1. The number of nitrogens with one attached hydrogen (secondary N) is 1. The summed E-state index contributed by atoms with van der Waals surface area (Å²) in [4.78, 5) is 28.7. The first kappa shape index (κ1) is 29.6. The van der Waals surface area contributed by atoms with E-state index in [0.717, 1.165) is 5.56 Å². The molecule has 0 saturated heterocycles. The minimum Gasteiger partial charge on any atom is -0.444 e. The molecule has 9 nitrogen and oxygen atoms in total. The van der Waals surface area contributed by atoms with Crippen LogP contribution in [-0.4, -0.2) is 32.4 Å². The number of benzene rings is 1. The van der Waals surface area contributed by atoms with Crippen molar-refractivity contribution in [1.29, 1.82) is 0 Å². The second-order valence-electron chi connectivity index (χ2n) is 12.0. The maximum absolute atomic E-state index is 14.6. The molecule has 2 aromatic heterocycles. The van der Waals surface area contributed by atoms with E-state index in [0.29, 0.717) is 17.7 Å². The molecule has 1 amide bonds. The summed E-state index contributed by atoms with van der Waals surface area (Å²) in [6.07, 6.45) is -0.378. The Bertz CT molecular complexity index is 1380. The van der Waals surface area contributed by atoms with Crippen LogP contribution in [0.2, 0.25) is 0 Å². The number of aromatic nitrogens is 3. The average molecular weight is 538 g/mol. The van der Waals surface area contributed by atoms with E-state index < -0.39 is 17.5 Å². The third-order valence-electron chi connectivity index (χ3n) is 5.55. The van der Waals surface area contributed by atoms with Gasteiger partial charge in [0, 0.05) is 18.9 Å². The minimum absolute atomic E-state index is 0.0539. The van der Waals surface area contributed by atoms with Gasteiger partial charge in [-0.1, -0.05) is 50.2 Å². The van der Waals surface area contributed by atoms with Gasteiger partial charge in [-0.05, 0) is 51.2 Å². The molecule has 3 rings (SSSR count). The van der Waals surface area contributed by atoms with Gasteiger partial charge in [0.15, 0.2) is 11.6 Å². The molecule has 39 heavy (non-hydrogen) atoms. The highest BCUT2D eigenvalue weighted by molar-refractivity contribution is 5.93. The molecule has 0 spiro atoms. The zero-order valence-electron chi connectivity index (χ0n) is 23.8. The summed E-state index contributed by atoms with van der Waals surface area (Å²) in [6, 6.07) is 6.91. The van der Waals surface area contributed by atoms with Gasteiger partial charge in [0.1, 0.15) is 28.6 Å². The number of nitrogens with zero attached hydrogens (tertiary/aromatic N) is 4. The molecule has 0 aliphatic rings. The number of rotatable bonds is 8. The van der Waals surface area contributed by atoms with Gasteiger partial charge in [0.2, 0.25) is 0 Å². The first-order valence-electron chi connectivity index (χ1n) is 12.8. The number of ketones is 1. The number of carbonyl (C=O) groups is 2. The lowest BCUT2D eigenvalue weighted by Gasteiger charge is -2.20. The maximum atomic E-state index is 14.6. The second-order valence-corrected chi connectivity index (χ2v) is 12.0. The second kappa shape index (κ2) is 11.4. The Morgan fingerprint density at radius 3 is 2.31 bits per heavy atom. The van der Waals surface area contributed by atoms with Crippen molar-refractivity contribution in [2.75, 3.05) is 5.32 Å². The Hall–Kier alpha value is -4.00. The zero-order valence-corrected chi connectivity index (χ0v) is 23.8. The Balaban J connectivity index is 1.78. The van der Waals surface area contributed by atoms with E-state index in [9.17, 15) is 14.0 Å². The van der Waals surface area contributed by atoms with Gasteiger partial charge >= 0.3 is 6.09 Å². The van der Waals surface area contributed by atoms with Crippen LogP contribution >= 0.6 is 0 Å². The van der Waals surface area contributed by atoms with Crippen molar-refractivity contribution in [3.8, 4) is 11.3 Å². The summed E-state index contributed by atoms with van der Waals surface area (Å²) in [5.74, 6) is -0.572. The summed E-state index contributed by atoms with van der Waals surface area (Å²) in [6.45, 7) is 22.7. The summed E-state index contributed by atoms with van der Waals surface area (Å²) < 4.78 is 26.7. The molecule has 0 radical (unpaired) electrons. The quantitative estimate of drug-likeness (QED) is 0.307. The molecule has 0 atom stereocenters. The fraction of sp³-hybridized carbons (Fsp3) is 0.483. The topological polar surface area (TPSA) is 104 Å². The van der Waals surface area contributed by atoms with Crippen molar-refractivity contribution in [3.63, 3.8) is 0 Å². The smallest absolute Gasteiger partial charge is 0.412 e. The predicted molar refractivity (Wildman–Crippen MR) is 146 cm³/mol. The normalized spacial score (nSPS) is 11.9. The highest BCUT2D eigenvalue weighted by Gasteiger charge is 2.26. The van der Waals surface area contributed by atoms with Crippen LogP contribution in [-0.2, 0) is 28.8 Å². The Kier molecular flexibility index (Phi) is 8.64. The van der Waals surface area contributed by atoms with Crippen LogP contribution in [0.4, 0.5) is 20.7 Å². The molecular formula is C29H36FN5O4. The number of hydrogen-bond donors (Lipinski definition) is 1. The SMILES string of the molecule is [C-]#[N+]c1c(-c2ccc(CC(=O)Cc3onc(CC(C)(C)C)c3F)cc2)nn(C(C)C)c1NC(=O)OC(C)(C)C. The zero-order chi connectivity index (χ0) is 29.1. The molecule has 0 aliphatic heterocycles. The molecular weight excluding hydrogens is 501 g/mol. The van der Waals surface area contributed by atoms with Crippen LogP contribution in [0.15, 0.2) is 28.8 Å². The largest absolute Gasteiger partial charge is 0.444 e. The summed E-state index contributed by atoms with van der Waals surface area (Å²) in [7, 11) is 0. The van der Waals surface area contributed by atoms with Gasteiger partial charge < -0.3 is 9.26 Å². The van der Waals surface area contributed by atoms with Gasteiger partial charge in [-0.25, -0.2) is 14.0 Å². The first-order valence-corrected chi connectivity index (χ1v) is 12.8. The van der Waals surface area contributed by atoms with E-state index in [4.69, 9.17) is 15.8 Å². The van der Waals surface area contributed by atoms with Crippen molar-refractivity contribution in [2.45, 2.75) is 86.3 Å². The fourth-order valence-electron chi connectivity index (χ4n) is 3.94. The van der Waals surface area contributed by atoms with Crippen molar-refractivity contribution in [2.24, 2.45) is 5.41 Å². The van der Waals surface area contributed by atoms with Gasteiger partial charge in [-0.15, -0.1) is 0 Å². The Labute approximate surface area is 228 Å². The minimum atomic E-state index is -0.699. The van der Waals surface area contributed by atoms with Crippen LogP contribution in [0.1, 0.15) is 78.4 Å². The van der Waals surface area contributed by atoms with E-state index in [-0.39, 0.29) is 53.0 Å². The number of Topliss-reactive ketones (excluding diaryl/α,β-unsaturated/α-hetero) is 1. The molecule has 0 saturated carbocycles. The summed E-state index contributed by atoms with van der Waals surface area (Å²) in [5.41, 5.74) is 1.32. The number of ether oxygens (including phenoxy) is 1. The first-order chi connectivity index (χ1) is 18.1. The molecule has 0 fully saturated rings. The molecule has 1 N–H and O–H groups in total. The maximum Gasteiger partial charge on any atom is 0.412 e. The fourth-order valence-corrected chi connectivity index (χ4v) is 3.94. The Morgan fingerprint density at radius 2 is 1.77 bits per heavy atom. The van der Waals surface area contributed by atoms with E-state index in [1.807, 2.05) is 34.6 Å². The molecule has 0 bridgehead atoms. The number of hydrogen-bond acceptors (Lipinski definition) is 6. The van der Waals surface area contributed by atoms with E-state index >= 15 is 0 Å². The molecule has 0 unspecified atom stereocenters. The molecule has 1 aromatic carbocycles. The number of anilines is 1. The number of halogens is 1. The van der Waals surface area contributed by atoms with Crippen LogP contribution in [0.5, 0.6) is 0 Å². The van der Waals surface area contributed by atoms with Gasteiger partial charge in [0.05, 0.1) is 13.0 Å². The third kappa shape index (κ3) is 7.76.